The van der Waals surface area contributed by atoms with E-state index >= 15 is 0 Å². The van der Waals surface area contributed by atoms with Crippen LogP contribution in [0.4, 0.5) is 0 Å². The summed E-state index contributed by atoms with van der Waals surface area (Å²) in [5.41, 5.74) is 10.4. The highest BCUT2D eigenvalue weighted by Gasteiger charge is 2.44. The number of allylic oxidation sites excluding steroid dienone is 14. The highest BCUT2D eigenvalue weighted by Crippen LogP contribution is 2.57. The van der Waals surface area contributed by atoms with E-state index in [0.29, 0.717) is 5.92 Å². The van der Waals surface area contributed by atoms with Crippen LogP contribution in [0.15, 0.2) is 143 Å². The molecule has 0 fully saturated rings. The third kappa shape index (κ3) is 4.05. The zero-order valence-electron chi connectivity index (χ0n) is 25.7. The van der Waals surface area contributed by atoms with Crippen LogP contribution in [0, 0.1) is 11.3 Å². The number of hydrogen-bond acceptors (Lipinski definition) is 1. The van der Waals surface area contributed by atoms with Gasteiger partial charge in [-0.25, -0.2) is 0 Å². The van der Waals surface area contributed by atoms with E-state index in [1.165, 1.54) is 54.6 Å². The van der Waals surface area contributed by atoms with Gasteiger partial charge >= 0.3 is 0 Å². The average molecular weight is 571 g/mol. The molecule has 5 aliphatic rings. The number of rotatable bonds is 4. The summed E-state index contributed by atoms with van der Waals surface area (Å²) in [5.74, 6) is 1.71. The summed E-state index contributed by atoms with van der Waals surface area (Å²) >= 11 is 0. The molecule has 0 aromatic heterocycles. The van der Waals surface area contributed by atoms with Crippen molar-refractivity contribution in [2.24, 2.45) is 11.3 Å². The Morgan fingerprint density at radius 3 is 2.27 bits per heavy atom. The molecule has 0 saturated heterocycles. The fourth-order valence-electron chi connectivity index (χ4n) is 8.71. The first-order chi connectivity index (χ1) is 21.5. The summed E-state index contributed by atoms with van der Waals surface area (Å²) in [6.07, 6.45) is 27.3. The summed E-state index contributed by atoms with van der Waals surface area (Å²) in [5, 5.41) is 8.00. The largest absolute Gasteiger partial charge is 0.490 e. The molecule has 0 bridgehead atoms. The molecule has 4 aromatic carbocycles. The molecule has 9 rings (SSSR count). The van der Waals surface area contributed by atoms with E-state index in [4.69, 9.17) is 4.74 Å². The van der Waals surface area contributed by atoms with Gasteiger partial charge in [0.05, 0.1) is 5.76 Å². The molecular weight excluding hydrogens is 532 g/mol. The van der Waals surface area contributed by atoms with Gasteiger partial charge in [-0.1, -0.05) is 98.8 Å². The van der Waals surface area contributed by atoms with Crippen molar-refractivity contribution >= 4 is 37.9 Å². The molecule has 5 aliphatic carbocycles. The molecule has 2 unspecified atom stereocenters. The molecule has 4 aromatic rings. The maximum absolute atomic E-state index is 6.74. The molecule has 0 N–H and O–H groups in total. The standard InChI is InChI=1S/C43H38O/c1-43(2)39-14-7-6-13-37(39)38-20-19-29(26-40(38)43)33-23-34(25-36(24-33)44-35-11-4-3-5-12-35)32-21-30-17-15-27-9-8-10-28-16-18-31(22-32)42(30)41(27)28/h3-4,6-11,13,15-18,21-23,25-26,36,39H,5,12,14,19-20,24H2,1-2H3. The minimum Gasteiger partial charge on any atom is -0.490 e. The highest BCUT2D eigenvalue weighted by molar-refractivity contribution is 6.23. The van der Waals surface area contributed by atoms with Gasteiger partial charge in [-0.3, -0.25) is 0 Å². The topological polar surface area (TPSA) is 9.23 Å². The Hall–Kier alpha value is -4.36. The van der Waals surface area contributed by atoms with Crippen molar-refractivity contribution in [2.45, 2.75) is 58.5 Å². The van der Waals surface area contributed by atoms with Gasteiger partial charge in [-0.2, -0.15) is 0 Å². The fourth-order valence-corrected chi connectivity index (χ4v) is 8.71. The van der Waals surface area contributed by atoms with Crippen LogP contribution in [0.25, 0.3) is 37.9 Å². The van der Waals surface area contributed by atoms with Crippen molar-refractivity contribution in [1.29, 1.82) is 0 Å². The molecule has 1 heteroatoms. The van der Waals surface area contributed by atoms with E-state index in [1.54, 1.807) is 16.7 Å². The predicted molar refractivity (Wildman–Crippen MR) is 186 cm³/mol. The second-order valence-corrected chi connectivity index (χ2v) is 13.9. The van der Waals surface area contributed by atoms with E-state index in [-0.39, 0.29) is 11.5 Å². The third-order valence-electron chi connectivity index (χ3n) is 11.0. The van der Waals surface area contributed by atoms with Crippen LogP contribution in [-0.2, 0) is 4.74 Å². The summed E-state index contributed by atoms with van der Waals surface area (Å²) in [6.45, 7) is 4.93. The molecular formula is C43H38O. The van der Waals surface area contributed by atoms with Gasteiger partial charge < -0.3 is 4.74 Å². The molecule has 0 spiro atoms. The van der Waals surface area contributed by atoms with Crippen molar-refractivity contribution in [2.75, 3.05) is 0 Å². The SMILES string of the molecule is CC1(C)C2=C(CCC(C3=CC(c4cc5ccc6cccc7ccc(c4)c5c67)=CC(OC4=CC=CCC4)C3)=C2)C2=CC=CCC21. The van der Waals surface area contributed by atoms with Crippen molar-refractivity contribution in [3.05, 3.63) is 148 Å². The van der Waals surface area contributed by atoms with Crippen LogP contribution in [0.5, 0.6) is 0 Å². The summed E-state index contributed by atoms with van der Waals surface area (Å²) < 4.78 is 6.74. The van der Waals surface area contributed by atoms with E-state index in [9.17, 15) is 0 Å². The van der Waals surface area contributed by atoms with Gasteiger partial charge in [0.25, 0.3) is 0 Å². The zero-order chi connectivity index (χ0) is 29.4. The maximum Gasteiger partial charge on any atom is 0.121 e. The summed E-state index contributed by atoms with van der Waals surface area (Å²) in [6, 6.07) is 20.6. The van der Waals surface area contributed by atoms with Gasteiger partial charge in [-0.15, -0.1) is 0 Å². The van der Waals surface area contributed by atoms with Crippen molar-refractivity contribution in [1.82, 2.24) is 0 Å². The number of hydrogen-bond donors (Lipinski definition) is 0. The van der Waals surface area contributed by atoms with E-state index in [1.807, 2.05) is 0 Å². The number of fused-ring (bicyclic) bond motifs is 2. The molecule has 2 atom stereocenters. The fraction of sp³-hybridized carbons (Fsp3) is 0.256. The Bertz CT molecular complexity index is 2050. The molecule has 0 amide bonds. The van der Waals surface area contributed by atoms with Gasteiger partial charge in [0.2, 0.25) is 0 Å². The lowest BCUT2D eigenvalue weighted by Crippen LogP contribution is -2.22. The van der Waals surface area contributed by atoms with E-state index < -0.39 is 0 Å². The van der Waals surface area contributed by atoms with E-state index in [0.717, 1.165) is 44.3 Å². The molecule has 1 nitrogen and oxygen atoms in total. The van der Waals surface area contributed by atoms with Crippen LogP contribution >= 0.6 is 0 Å². The molecule has 0 saturated carbocycles. The Morgan fingerprint density at radius 1 is 0.750 bits per heavy atom. The average Bonchev–Trinajstić information content (AvgIpc) is 3.29. The highest BCUT2D eigenvalue weighted by atomic mass is 16.5. The van der Waals surface area contributed by atoms with Crippen LogP contribution < -0.4 is 0 Å². The monoisotopic (exact) mass is 570 g/mol. The minimum absolute atomic E-state index is 0.0240. The lowest BCUT2D eigenvalue weighted by atomic mass is 9.72. The third-order valence-corrected chi connectivity index (χ3v) is 11.0. The number of benzene rings is 4. The van der Waals surface area contributed by atoms with Gasteiger partial charge in [-0.05, 0) is 133 Å². The van der Waals surface area contributed by atoms with Crippen molar-refractivity contribution in [3.63, 3.8) is 0 Å². The first-order valence-electron chi connectivity index (χ1n) is 16.5. The molecule has 216 valence electrons. The predicted octanol–water partition coefficient (Wildman–Crippen LogP) is 11.5. The van der Waals surface area contributed by atoms with Crippen LogP contribution in [0.2, 0.25) is 0 Å². The van der Waals surface area contributed by atoms with E-state index in [2.05, 4.69) is 123 Å². The Kier molecular flexibility index (Phi) is 5.82. The normalized spacial score (nSPS) is 24.2. The smallest absolute Gasteiger partial charge is 0.121 e. The Labute approximate surface area is 260 Å². The minimum atomic E-state index is 0.0240. The molecule has 0 heterocycles. The Balaban J connectivity index is 1.16. The maximum atomic E-state index is 6.74. The van der Waals surface area contributed by atoms with Crippen LogP contribution in [0.3, 0.4) is 0 Å². The first kappa shape index (κ1) is 26.1. The molecule has 0 aliphatic heterocycles. The summed E-state index contributed by atoms with van der Waals surface area (Å²) in [4.78, 5) is 0. The Morgan fingerprint density at radius 2 is 1.50 bits per heavy atom. The van der Waals surface area contributed by atoms with Gasteiger partial charge in [0.1, 0.15) is 6.10 Å². The second kappa shape index (κ2) is 9.83. The lowest BCUT2D eigenvalue weighted by molar-refractivity contribution is 0.146. The number of ether oxygens (including phenoxy) is 1. The van der Waals surface area contributed by atoms with Crippen LogP contribution in [-0.4, -0.2) is 6.10 Å². The van der Waals surface area contributed by atoms with Gasteiger partial charge in [0.15, 0.2) is 0 Å². The molecule has 0 radical (unpaired) electrons. The van der Waals surface area contributed by atoms with Crippen molar-refractivity contribution < 1.29 is 4.74 Å². The van der Waals surface area contributed by atoms with Crippen molar-refractivity contribution in [3.8, 4) is 0 Å². The zero-order valence-corrected chi connectivity index (χ0v) is 25.7. The first-order valence-corrected chi connectivity index (χ1v) is 16.5. The second-order valence-electron chi connectivity index (χ2n) is 13.9. The van der Waals surface area contributed by atoms with Gasteiger partial charge in [0, 0.05) is 12.8 Å². The quantitative estimate of drug-likeness (QED) is 0.222. The lowest BCUT2D eigenvalue weighted by Gasteiger charge is -2.32. The molecule has 44 heavy (non-hydrogen) atoms. The summed E-state index contributed by atoms with van der Waals surface area (Å²) in [7, 11) is 0. The van der Waals surface area contributed by atoms with Crippen LogP contribution in [0.1, 0.15) is 57.9 Å².